The summed E-state index contributed by atoms with van der Waals surface area (Å²) in [4.78, 5) is 6.87. The van der Waals surface area contributed by atoms with Crippen molar-refractivity contribution in [2.24, 2.45) is 4.99 Å². The Balaban J connectivity index is 0.00000338. The third-order valence-electron chi connectivity index (χ3n) is 4.40. The quantitative estimate of drug-likeness (QED) is 0.344. The molecule has 0 radical (unpaired) electrons. The molecule has 0 bridgehead atoms. The van der Waals surface area contributed by atoms with E-state index in [1.165, 1.54) is 26.1 Å². The van der Waals surface area contributed by atoms with E-state index in [-0.39, 0.29) is 30.1 Å². The minimum atomic E-state index is 0. The second-order valence-electron chi connectivity index (χ2n) is 6.60. The molecule has 1 saturated heterocycles. The molecule has 1 atom stereocenters. The molecule has 26 heavy (non-hydrogen) atoms. The number of rotatable bonds is 7. The van der Waals surface area contributed by atoms with Crippen LogP contribution < -0.4 is 15.4 Å². The Morgan fingerprint density at radius 3 is 2.54 bits per heavy atom. The molecule has 1 aromatic rings. The molecule has 0 aromatic heterocycles. The van der Waals surface area contributed by atoms with E-state index in [0.717, 1.165) is 24.6 Å². The predicted molar refractivity (Wildman–Crippen MR) is 121 cm³/mol. The molecule has 1 heterocycles. The van der Waals surface area contributed by atoms with E-state index in [2.05, 4.69) is 27.4 Å². The van der Waals surface area contributed by atoms with Gasteiger partial charge in [-0.2, -0.15) is 0 Å². The second-order valence-corrected chi connectivity index (χ2v) is 7.03. The highest BCUT2D eigenvalue weighted by Crippen LogP contribution is 2.16. The Hall–Kier alpha value is -0.730. The Labute approximate surface area is 179 Å². The highest BCUT2D eigenvalue weighted by Gasteiger charge is 2.19. The van der Waals surface area contributed by atoms with Crippen LogP contribution in [0.3, 0.4) is 0 Å². The van der Waals surface area contributed by atoms with Gasteiger partial charge >= 0.3 is 0 Å². The van der Waals surface area contributed by atoms with Crippen LogP contribution >= 0.6 is 35.6 Å². The van der Waals surface area contributed by atoms with Crippen LogP contribution in [0.1, 0.15) is 33.1 Å². The van der Waals surface area contributed by atoms with Crippen LogP contribution in [0.15, 0.2) is 29.3 Å². The Bertz CT molecular complexity index is 533. The van der Waals surface area contributed by atoms with Gasteiger partial charge in [-0.05, 0) is 57.0 Å². The van der Waals surface area contributed by atoms with Gasteiger partial charge < -0.3 is 20.3 Å². The van der Waals surface area contributed by atoms with Crippen molar-refractivity contribution < 1.29 is 4.74 Å². The van der Waals surface area contributed by atoms with Gasteiger partial charge in [-0.15, -0.1) is 24.0 Å². The topological polar surface area (TPSA) is 48.9 Å². The third-order valence-corrected chi connectivity index (χ3v) is 4.65. The summed E-state index contributed by atoms with van der Waals surface area (Å²) in [6.07, 6.45) is 3.59. The van der Waals surface area contributed by atoms with Gasteiger partial charge in [0.25, 0.3) is 0 Å². The van der Waals surface area contributed by atoms with Crippen molar-refractivity contribution in [3.63, 3.8) is 0 Å². The minimum absolute atomic E-state index is 0. The lowest BCUT2D eigenvalue weighted by Crippen LogP contribution is -2.50. The number of hydrogen-bond donors (Lipinski definition) is 2. The first-order chi connectivity index (χ1) is 12.1. The molecular formula is C19H32ClIN4O. The van der Waals surface area contributed by atoms with E-state index in [1.807, 2.05) is 38.2 Å². The van der Waals surface area contributed by atoms with Gasteiger partial charge in [-0.1, -0.05) is 18.5 Å². The average molecular weight is 495 g/mol. The summed E-state index contributed by atoms with van der Waals surface area (Å²) in [5, 5.41) is 7.61. The van der Waals surface area contributed by atoms with Crippen LogP contribution in [-0.4, -0.2) is 56.2 Å². The van der Waals surface area contributed by atoms with Gasteiger partial charge in [-0.3, -0.25) is 4.99 Å². The summed E-state index contributed by atoms with van der Waals surface area (Å²) < 4.78 is 5.88. The van der Waals surface area contributed by atoms with Gasteiger partial charge in [0, 0.05) is 31.2 Å². The van der Waals surface area contributed by atoms with Crippen LogP contribution in [0.5, 0.6) is 5.75 Å². The van der Waals surface area contributed by atoms with Gasteiger partial charge in [0.2, 0.25) is 0 Å². The number of nitrogens with zero attached hydrogens (tertiary/aromatic N) is 2. The number of piperidine rings is 1. The molecule has 1 aliphatic heterocycles. The van der Waals surface area contributed by atoms with Crippen molar-refractivity contribution in [3.8, 4) is 5.75 Å². The zero-order valence-corrected chi connectivity index (χ0v) is 19.1. The van der Waals surface area contributed by atoms with Gasteiger partial charge in [0.15, 0.2) is 5.96 Å². The predicted octanol–water partition coefficient (Wildman–Crippen LogP) is 3.76. The number of nitrogens with one attached hydrogen (secondary N) is 2. The molecule has 0 amide bonds. The van der Waals surface area contributed by atoms with Crippen molar-refractivity contribution >= 4 is 41.5 Å². The van der Waals surface area contributed by atoms with Gasteiger partial charge in [-0.25, -0.2) is 0 Å². The first-order valence-corrected chi connectivity index (χ1v) is 9.60. The number of benzene rings is 1. The molecule has 0 aliphatic carbocycles. The molecule has 148 valence electrons. The van der Waals surface area contributed by atoms with Crippen molar-refractivity contribution in [2.45, 2.75) is 45.3 Å². The van der Waals surface area contributed by atoms with Crippen LogP contribution in [-0.2, 0) is 0 Å². The maximum atomic E-state index is 5.89. The summed E-state index contributed by atoms with van der Waals surface area (Å²) in [5.41, 5.74) is 0. The maximum absolute atomic E-state index is 5.89. The maximum Gasteiger partial charge on any atom is 0.191 e. The van der Waals surface area contributed by atoms with E-state index in [4.69, 9.17) is 16.3 Å². The SMILES string of the molecule is CCCN1CCC(NC(=NC)NCC(C)Oc2ccc(Cl)cc2)CC1.I. The van der Waals surface area contributed by atoms with Crippen LogP contribution in [0.4, 0.5) is 0 Å². The molecule has 1 aliphatic rings. The minimum Gasteiger partial charge on any atom is -0.489 e. The first-order valence-electron chi connectivity index (χ1n) is 9.22. The number of likely N-dealkylation sites (tertiary alicyclic amines) is 1. The molecule has 1 fully saturated rings. The van der Waals surface area contributed by atoms with E-state index in [0.29, 0.717) is 17.6 Å². The van der Waals surface area contributed by atoms with Crippen molar-refractivity contribution in [2.75, 3.05) is 33.2 Å². The van der Waals surface area contributed by atoms with E-state index in [1.54, 1.807) is 0 Å². The normalized spacial score (nSPS) is 17.3. The molecule has 0 saturated carbocycles. The molecule has 7 heteroatoms. The monoisotopic (exact) mass is 494 g/mol. The summed E-state index contributed by atoms with van der Waals surface area (Å²) in [6.45, 7) is 8.51. The highest BCUT2D eigenvalue weighted by molar-refractivity contribution is 14.0. The van der Waals surface area contributed by atoms with Gasteiger partial charge in [0.05, 0.1) is 6.54 Å². The van der Waals surface area contributed by atoms with Crippen LogP contribution in [0.2, 0.25) is 5.02 Å². The lowest BCUT2D eigenvalue weighted by molar-refractivity contribution is 0.205. The van der Waals surface area contributed by atoms with Crippen molar-refractivity contribution in [3.05, 3.63) is 29.3 Å². The zero-order valence-electron chi connectivity index (χ0n) is 16.0. The molecule has 1 aromatic carbocycles. The average Bonchev–Trinajstić information content (AvgIpc) is 2.62. The standard InChI is InChI=1S/C19H31ClN4O.HI/c1-4-11-24-12-9-17(10-13-24)23-19(21-3)22-14-15(2)25-18-7-5-16(20)6-8-18;/h5-8,15,17H,4,9-14H2,1-3H3,(H2,21,22,23);1H. The molecular weight excluding hydrogens is 463 g/mol. The summed E-state index contributed by atoms with van der Waals surface area (Å²) >= 11 is 5.89. The molecule has 1 unspecified atom stereocenters. The Morgan fingerprint density at radius 2 is 1.96 bits per heavy atom. The van der Waals surface area contributed by atoms with E-state index < -0.39 is 0 Å². The highest BCUT2D eigenvalue weighted by atomic mass is 127. The number of halogens is 2. The fourth-order valence-corrected chi connectivity index (χ4v) is 3.16. The smallest absolute Gasteiger partial charge is 0.191 e. The van der Waals surface area contributed by atoms with Crippen LogP contribution in [0, 0.1) is 0 Å². The molecule has 0 spiro atoms. The fourth-order valence-electron chi connectivity index (χ4n) is 3.03. The van der Waals surface area contributed by atoms with Crippen LogP contribution in [0.25, 0.3) is 0 Å². The lowest BCUT2D eigenvalue weighted by atomic mass is 10.1. The van der Waals surface area contributed by atoms with E-state index in [9.17, 15) is 0 Å². The third kappa shape index (κ3) is 8.31. The molecule has 2 rings (SSSR count). The number of ether oxygens (including phenoxy) is 1. The Kier molecular flexibility index (Phi) is 11.3. The summed E-state index contributed by atoms with van der Waals surface area (Å²) in [6, 6.07) is 7.93. The number of hydrogen-bond acceptors (Lipinski definition) is 3. The zero-order chi connectivity index (χ0) is 18.1. The Morgan fingerprint density at radius 1 is 1.31 bits per heavy atom. The fraction of sp³-hybridized carbons (Fsp3) is 0.632. The van der Waals surface area contributed by atoms with Crippen molar-refractivity contribution in [1.29, 1.82) is 0 Å². The van der Waals surface area contributed by atoms with Crippen molar-refractivity contribution in [1.82, 2.24) is 15.5 Å². The molecule has 5 nitrogen and oxygen atoms in total. The second kappa shape index (κ2) is 12.6. The number of guanidine groups is 1. The first kappa shape index (κ1) is 23.3. The van der Waals surface area contributed by atoms with E-state index >= 15 is 0 Å². The van der Waals surface area contributed by atoms with Gasteiger partial charge in [0.1, 0.15) is 11.9 Å². The lowest BCUT2D eigenvalue weighted by Gasteiger charge is -2.33. The largest absolute Gasteiger partial charge is 0.489 e. The summed E-state index contributed by atoms with van der Waals surface area (Å²) in [5.74, 6) is 1.67. The molecule has 2 N–H and O–H groups in total. The number of aliphatic imine (C=N–C) groups is 1. The summed E-state index contributed by atoms with van der Waals surface area (Å²) in [7, 11) is 1.81.